The van der Waals surface area contributed by atoms with Crippen LogP contribution < -0.4 is 4.90 Å². The zero-order valence-electron chi connectivity index (χ0n) is 20.7. The van der Waals surface area contributed by atoms with E-state index in [1.807, 2.05) is 13.0 Å². The molecule has 0 aromatic carbocycles. The second kappa shape index (κ2) is 10.8. The van der Waals surface area contributed by atoms with E-state index >= 15 is 0 Å². The molecule has 0 amide bonds. The van der Waals surface area contributed by atoms with E-state index < -0.39 is 11.7 Å². The molecule has 36 heavy (non-hydrogen) atoms. The van der Waals surface area contributed by atoms with Crippen LogP contribution in [0.4, 0.5) is 19.0 Å². The number of ketones is 1. The van der Waals surface area contributed by atoms with Crippen LogP contribution in [0.1, 0.15) is 52.0 Å². The van der Waals surface area contributed by atoms with E-state index in [9.17, 15) is 18.0 Å². The molecule has 0 atom stereocenters. The van der Waals surface area contributed by atoms with Crippen LogP contribution in [0.15, 0.2) is 36.8 Å². The first kappa shape index (κ1) is 25.8. The highest BCUT2D eigenvalue weighted by Crippen LogP contribution is 2.29. The smallest absolute Gasteiger partial charge is 0.385 e. The average molecular weight is 502 g/mol. The number of anilines is 1. The molecule has 10 heteroatoms. The third kappa shape index (κ3) is 5.75. The summed E-state index contributed by atoms with van der Waals surface area (Å²) in [4.78, 5) is 23.8. The van der Waals surface area contributed by atoms with Gasteiger partial charge in [0.25, 0.3) is 0 Å². The van der Waals surface area contributed by atoms with Crippen molar-refractivity contribution < 1.29 is 22.7 Å². The molecular weight excluding hydrogens is 471 g/mol. The highest BCUT2D eigenvalue weighted by atomic mass is 19.4. The molecule has 1 aliphatic rings. The Labute approximate surface area is 208 Å². The number of alkyl halides is 3. The molecule has 0 saturated carbocycles. The van der Waals surface area contributed by atoms with E-state index in [0.717, 1.165) is 68.2 Å². The Bertz CT molecular complexity index is 1200. The van der Waals surface area contributed by atoms with Crippen LogP contribution in [-0.2, 0) is 17.3 Å². The fourth-order valence-corrected chi connectivity index (χ4v) is 4.65. The SMILES string of the molecule is COCCC1CCN(c2ncc(CC(=O)c3cnn(-c4ccc(C(F)(F)F)cn4)c3C)cc2C)CC1. The lowest BCUT2D eigenvalue weighted by Crippen LogP contribution is -2.35. The number of hydrogen-bond donors (Lipinski definition) is 0. The molecule has 0 spiro atoms. The largest absolute Gasteiger partial charge is 0.417 e. The lowest BCUT2D eigenvalue weighted by atomic mass is 9.93. The first-order valence-electron chi connectivity index (χ1n) is 12.0. The van der Waals surface area contributed by atoms with Crippen molar-refractivity contribution in [3.05, 3.63) is 64.7 Å². The molecule has 0 radical (unpaired) electrons. The number of Topliss-reactive ketones (excluding diaryl/α,β-unsaturated/α-hetero) is 1. The fourth-order valence-electron chi connectivity index (χ4n) is 4.65. The maximum atomic E-state index is 13.0. The van der Waals surface area contributed by atoms with Gasteiger partial charge in [-0.3, -0.25) is 4.79 Å². The van der Waals surface area contributed by atoms with Crippen LogP contribution in [0, 0.1) is 19.8 Å². The molecular formula is C26H30F3N5O2. The normalized spacial score (nSPS) is 14.9. The Morgan fingerprint density at radius 2 is 1.86 bits per heavy atom. The number of halogens is 3. The highest BCUT2D eigenvalue weighted by molar-refractivity contribution is 5.98. The first-order chi connectivity index (χ1) is 17.2. The quantitative estimate of drug-likeness (QED) is 0.406. The lowest BCUT2D eigenvalue weighted by Gasteiger charge is -2.33. The molecule has 4 rings (SSSR count). The summed E-state index contributed by atoms with van der Waals surface area (Å²) in [5.41, 5.74) is 1.91. The van der Waals surface area contributed by atoms with Crippen molar-refractivity contribution in [2.45, 2.75) is 45.7 Å². The molecule has 0 N–H and O–H groups in total. The van der Waals surface area contributed by atoms with Gasteiger partial charge in [-0.1, -0.05) is 6.07 Å². The van der Waals surface area contributed by atoms with Crippen molar-refractivity contribution in [1.29, 1.82) is 0 Å². The highest BCUT2D eigenvalue weighted by Gasteiger charge is 2.31. The number of aryl methyl sites for hydroxylation is 1. The van der Waals surface area contributed by atoms with Gasteiger partial charge in [0, 0.05) is 45.6 Å². The molecule has 1 saturated heterocycles. The molecule has 3 aromatic rings. The number of methoxy groups -OCH3 is 1. The van der Waals surface area contributed by atoms with Gasteiger partial charge in [0.2, 0.25) is 0 Å². The van der Waals surface area contributed by atoms with Gasteiger partial charge in [0.1, 0.15) is 5.82 Å². The van der Waals surface area contributed by atoms with Crippen molar-refractivity contribution in [1.82, 2.24) is 19.7 Å². The molecule has 3 aromatic heterocycles. The molecule has 1 aliphatic heterocycles. The molecule has 7 nitrogen and oxygen atoms in total. The maximum Gasteiger partial charge on any atom is 0.417 e. The Kier molecular flexibility index (Phi) is 7.73. The summed E-state index contributed by atoms with van der Waals surface area (Å²) in [7, 11) is 1.73. The summed E-state index contributed by atoms with van der Waals surface area (Å²) in [5.74, 6) is 1.71. The predicted molar refractivity (Wildman–Crippen MR) is 130 cm³/mol. The van der Waals surface area contributed by atoms with Crippen molar-refractivity contribution in [2.24, 2.45) is 5.92 Å². The summed E-state index contributed by atoms with van der Waals surface area (Å²) in [6, 6.07) is 4.18. The van der Waals surface area contributed by atoms with Gasteiger partial charge in [-0.2, -0.15) is 18.3 Å². The van der Waals surface area contributed by atoms with Crippen molar-refractivity contribution >= 4 is 11.6 Å². The van der Waals surface area contributed by atoms with Crippen molar-refractivity contribution in [2.75, 3.05) is 31.7 Å². The lowest BCUT2D eigenvalue weighted by molar-refractivity contribution is -0.137. The van der Waals surface area contributed by atoms with Crippen LogP contribution >= 0.6 is 0 Å². The number of ether oxygens (including phenoxy) is 1. The van der Waals surface area contributed by atoms with E-state index in [4.69, 9.17) is 4.74 Å². The second-order valence-electron chi connectivity index (χ2n) is 9.25. The fraction of sp³-hybridized carbons (Fsp3) is 0.462. The van der Waals surface area contributed by atoms with E-state index in [2.05, 4.69) is 20.0 Å². The van der Waals surface area contributed by atoms with Crippen molar-refractivity contribution in [3.8, 4) is 5.82 Å². The van der Waals surface area contributed by atoms with Gasteiger partial charge in [0.15, 0.2) is 11.6 Å². The number of nitrogens with zero attached hydrogens (tertiary/aromatic N) is 5. The minimum atomic E-state index is -4.46. The third-order valence-electron chi connectivity index (χ3n) is 6.72. The number of piperidine rings is 1. The van der Waals surface area contributed by atoms with Crippen LogP contribution in [-0.4, -0.2) is 52.3 Å². The van der Waals surface area contributed by atoms with Crippen LogP contribution in [0.5, 0.6) is 0 Å². The number of pyridine rings is 2. The molecule has 1 fully saturated rings. The molecule has 0 aliphatic carbocycles. The van der Waals surface area contributed by atoms with E-state index in [-0.39, 0.29) is 18.0 Å². The van der Waals surface area contributed by atoms with Crippen LogP contribution in [0.2, 0.25) is 0 Å². The van der Waals surface area contributed by atoms with E-state index in [1.165, 1.54) is 16.9 Å². The topological polar surface area (TPSA) is 73.1 Å². The average Bonchev–Trinajstić information content (AvgIpc) is 3.24. The number of carbonyl (C=O) groups excluding carboxylic acids is 1. The minimum Gasteiger partial charge on any atom is -0.385 e. The zero-order chi connectivity index (χ0) is 25.9. The summed E-state index contributed by atoms with van der Waals surface area (Å²) < 4.78 is 45.0. The van der Waals surface area contributed by atoms with Gasteiger partial charge >= 0.3 is 6.18 Å². The number of hydrogen-bond acceptors (Lipinski definition) is 6. The summed E-state index contributed by atoms with van der Waals surface area (Å²) >= 11 is 0. The number of aromatic nitrogens is 4. The molecule has 0 unspecified atom stereocenters. The zero-order valence-corrected chi connectivity index (χ0v) is 20.7. The van der Waals surface area contributed by atoms with E-state index in [1.54, 1.807) is 20.2 Å². The molecule has 4 heterocycles. The Morgan fingerprint density at radius 3 is 2.47 bits per heavy atom. The molecule has 0 bridgehead atoms. The third-order valence-corrected chi connectivity index (χ3v) is 6.72. The number of rotatable bonds is 8. The van der Waals surface area contributed by atoms with Gasteiger partial charge in [-0.25, -0.2) is 14.6 Å². The Balaban J connectivity index is 1.42. The Hall–Kier alpha value is -3.27. The predicted octanol–water partition coefficient (Wildman–Crippen LogP) is 4.98. The van der Waals surface area contributed by atoms with Gasteiger partial charge < -0.3 is 9.64 Å². The van der Waals surface area contributed by atoms with Crippen LogP contribution in [0.3, 0.4) is 0 Å². The van der Waals surface area contributed by atoms with Gasteiger partial charge in [-0.05, 0) is 62.3 Å². The standard InChI is InChI=1S/C26H30F3N5O2/c1-17-12-20(14-31-25(17)33-9-6-19(7-10-33)8-11-36-3)13-23(35)22-16-32-34(18(22)2)24-5-4-21(15-30-24)26(27,28)29/h4-5,12,14-16,19H,6-11,13H2,1-3H3. The Morgan fingerprint density at radius 1 is 1.11 bits per heavy atom. The van der Waals surface area contributed by atoms with E-state index in [0.29, 0.717) is 17.2 Å². The summed E-state index contributed by atoms with van der Waals surface area (Å²) in [5, 5.41) is 4.18. The summed E-state index contributed by atoms with van der Waals surface area (Å²) in [6.45, 7) is 6.41. The summed E-state index contributed by atoms with van der Waals surface area (Å²) in [6.07, 6.45) is 2.93. The first-order valence-corrected chi connectivity index (χ1v) is 12.0. The van der Waals surface area contributed by atoms with Crippen molar-refractivity contribution in [3.63, 3.8) is 0 Å². The maximum absolute atomic E-state index is 13.0. The monoisotopic (exact) mass is 501 g/mol. The van der Waals surface area contributed by atoms with Gasteiger partial charge in [0.05, 0.1) is 23.0 Å². The van der Waals surface area contributed by atoms with Crippen LogP contribution in [0.25, 0.3) is 5.82 Å². The minimum absolute atomic E-state index is 0.140. The number of carbonyl (C=O) groups is 1. The molecule has 192 valence electrons. The second-order valence-corrected chi connectivity index (χ2v) is 9.25. The van der Waals surface area contributed by atoms with Gasteiger partial charge in [-0.15, -0.1) is 0 Å².